The highest BCUT2D eigenvalue weighted by molar-refractivity contribution is 5.95. The summed E-state index contributed by atoms with van der Waals surface area (Å²) in [5.41, 5.74) is 5.05. The first-order valence-corrected chi connectivity index (χ1v) is 8.30. The Morgan fingerprint density at radius 1 is 1.35 bits per heavy atom. The number of benzene rings is 1. The van der Waals surface area contributed by atoms with E-state index in [1.807, 2.05) is 6.92 Å². The molecule has 1 aliphatic carbocycles. The number of nitrogens with zero attached hydrogens (tertiary/aromatic N) is 2. The highest BCUT2D eigenvalue weighted by atomic mass is 16.8. The molecule has 2 heterocycles. The first-order valence-electron chi connectivity index (χ1n) is 8.30. The van der Waals surface area contributed by atoms with Crippen molar-refractivity contribution in [3.05, 3.63) is 29.8 Å². The van der Waals surface area contributed by atoms with Gasteiger partial charge in [0.15, 0.2) is 10.8 Å². The van der Waals surface area contributed by atoms with Crippen LogP contribution in [0.25, 0.3) is 0 Å². The van der Waals surface area contributed by atoms with Gasteiger partial charge in [0.25, 0.3) is 5.84 Å². The molecule has 5 atom stereocenters. The lowest BCUT2D eigenvalue weighted by Crippen LogP contribution is -2.90. The van der Waals surface area contributed by atoms with Gasteiger partial charge < -0.3 is 14.8 Å². The number of anilines is 1. The number of nitriles is 2. The van der Waals surface area contributed by atoms with Gasteiger partial charge >= 0.3 is 5.91 Å². The van der Waals surface area contributed by atoms with Gasteiger partial charge in [-0.25, -0.2) is 4.99 Å². The summed E-state index contributed by atoms with van der Waals surface area (Å²) in [6.07, 6.45) is -0.224. The Morgan fingerprint density at radius 3 is 2.54 bits per heavy atom. The Morgan fingerprint density at radius 2 is 2.04 bits per heavy atom. The molecule has 132 valence electrons. The van der Waals surface area contributed by atoms with Crippen molar-refractivity contribution in [3.63, 3.8) is 0 Å². The molecule has 0 radical (unpaired) electrons. The number of amides is 1. The average molecular weight is 352 g/mol. The molecule has 8 nitrogen and oxygen atoms in total. The molecular weight excluding hydrogens is 334 g/mol. The van der Waals surface area contributed by atoms with E-state index < -0.39 is 22.7 Å². The minimum absolute atomic E-state index is 0.175. The fourth-order valence-corrected chi connectivity index (χ4v) is 4.43. The Labute approximate surface area is 150 Å². The van der Waals surface area contributed by atoms with Gasteiger partial charge in [0.2, 0.25) is 5.91 Å². The van der Waals surface area contributed by atoms with Gasteiger partial charge in [-0.1, -0.05) is 12.1 Å². The van der Waals surface area contributed by atoms with Crippen molar-refractivity contribution in [2.75, 3.05) is 11.9 Å². The largest absolute Gasteiger partial charge is 0.343 e. The molecule has 1 aromatic carbocycles. The third-order valence-corrected chi connectivity index (χ3v) is 5.45. The van der Waals surface area contributed by atoms with E-state index in [2.05, 4.69) is 22.4 Å². The molecule has 0 aromatic heterocycles. The van der Waals surface area contributed by atoms with Crippen LogP contribution in [-0.2, 0) is 14.3 Å². The van der Waals surface area contributed by atoms with E-state index >= 15 is 0 Å². The first kappa shape index (κ1) is 16.5. The summed E-state index contributed by atoms with van der Waals surface area (Å²) in [5.74, 6) is -1.91. The van der Waals surface area contributed by atoms with Crippen molar-refractivity contribution in [1.82, 2.24) is 0 Å². The van der Waals surface area contributed by atoms with Crippen LogP contribution in [0.5, 0.6) is 0 Å². The number of rotatable bonds is 2. The lowest BCUT2D eigenvalue weighted by Gasteiger charge is -2.24. The molecule has 0 unspecified atom stereocenters. The van der Waals surface area contributed by atoms with Crippen LogP contribution >= 0.6 is 0 Å². The highest BCUT2D eigenvalue weighted by Gasteiger charge is 2.97. The highest BCUT2D eigenvalue weighted by Crippen LogP contribution is 2.79. The van der Waals surface area contributed by atoms with Crippen LogP contribution in [-0.4, -0.2) is 30.4 Å². The number of nitrogens with two attached hydrogens (primary N) is 1. The average Bonchev–Trinajstić information content (AvgIpc) is 2.99. The van der Waals surface area contributed by atoms with Gasteiger partial charge in [0, 0.05) is 18.5 Å². The maximum atomic E-state index is 11.2. The van der Waals surface area contributed by atoms with Crippen molar-refractivity contribution in [2.45, 2.75) is 31.8 Å². The Balaban J connectivity index is 1.79. The molecule has 2 aliphatic heterocycles. The zero-order valence-corrected chi connectivity index (χ0v) is 14.4. The second kappa shape index (κ2) is 5.04. The summed E-state index contributed by atoms with van der Waals surface area (Å²) >= 11 is 0. The smallest absolute Gasteiger partial charge is 0.326 e. The maximum absolute atomic E-state index is 11.2. The van der Waals surface area contributed by atoms with Crippen LogP contribution in [0.3, 0.4) is 0 Å². The summed E-state index contributed by atoms with van der Waals surface area (Å²) in [4.78, 5) is 14.1. The molecule has 1 saturated heterocycles. The minimum atomic E-state index is -1.43. The van der Waals surface area contributed by atoms with Crippen molar-refractivity contribution >= 4 is 17.4 Å². The Kier molecular flexibility index (Phi) is 3.20. The van der Waals surface area contributed by atoms with Crippen LogP contribution in [0.4, 0.5) is 5.69 Å². The predicted molar refractivity (Wildman–Crippen MR) is 89.0 cm³/mol. The molecule has 2 fully saturated rings. The molecule has 1 saturated carbocycles. The van der Waals surface area contributed by atoms with Crippen molar-refractivity contribution in [2.24, 2.45) is 16.6 Å². The predicted octanol–water partition coefficient (Wildman–Crippen LogP) is -0.697. The number of amidine groups is 1. The second-order valence-electron chi connectivity index (χ2n) is 6.97. The number of carbonyl (C=O) groups is 1. The normalized spacial score (nSPS) is 39.6. The van der Waals surface area contributed by atoms with E-state index in [9.17, 15) is 15.3 Å². The van der Waals surface area contributed by atoms with Crippen molar-refractivity contribution in [1.29, 1.82) is 10.5 Å². The van der Waals surface area contributed by atoms with Crippen molar-refractivity contribution in [3.8, 4) is 12.1 Å². The standard InChI is InChI=1S/C18H17N5O3/c1-10-7-25-18(26-10)17(9-20)14(16(17,8-19)15(21)23-18)12-3-5-13(6-4-12)22-11(2)24/h3-6,10,14H,7H2,1-2H3,(H2,21,23)(H,22,24)/p+1/t10-,14+,16+,17+,18-/m0/s1. The van der Waals surface area contributed by atoms with Gasteiger partial charge in [-0.2, -0.15) is 10.5 Å². The molecule has 3 aliphatic rings. The fourth-order valence-electron chi connectivity index (χ4n) is 4.43. The van der Waals surface area contributed by atoms with Crippen LogP contribution < -0.4 is 16.0 Å². The van der Waals surface area contributed by atoms with Gasteiger partial charge in [-0.05, 0) is 24.6 Å². The van der Waals surface area contributed by atoms with E-state index in [0.29, 0.717) is 12.3 Å². The molecule has 1 amide bonds. The fraction of sp³-hybridized carbons (Fsp3) is 0.444. The zero-order valence-electron chi connectivity index (χ0n) is 14.4. The third kappa shape index (κ3) is 1.68. The Hall–Kier alpha value is -2.94. The number of hydrogen-bond donors (Lipinski definition) is 3. The lowest BCUT2D eigenvalue weighted by atomic mass is 9.94. The van der Waals surface area contributed by atoms with Gasteiger partial charge in [0.05, 0.1) is 24.8 Å². The number of nitrogens with one attached hydrogen (secondary N) is 2. The summed E-state index contributed by atoms with van der Waals surface area (Å²) in [7, 11) is 0. The van der Waals surface area contributed by atoms with Crippen molar-refractivity contribution < 1.29 is 19.3 Å². The molecule has 4 rings (SSSR count). The van der Waals surface area contributed by atoms with E-state index in [1.165, 1.54) is 6.92 Å². The molecule has 26 heavy (non-hydrogen) atoms. The number of hydrogen-bond acceptors (Lipinski definition) is 6. The molecule has 0 bridgehead atoms. The number of fused-ring (bicyclic) bond motifs is 2. The van der Waals surface area contributed by atoms with Crippen LogP contribution in [0.2, 0.25) is 0 Å². The lowest BCUT2D eigenvalue weighted by molar-refractivity contribution is -0.677. The molecule has 8 heteroatoms. The maximum Gasteiger partial charge on any atom is 0.343 e. The molecule has 1 aromatic rings. The Bertz CT molecular complexity index is 914. The monoisotopic (exact) mass is 352 g/mol. The minimum Gasteiger partial charge on any atom is -0.326 e. The van der Waals surface area contributed by atoms with E-state index in [0.717, 1.165) is 5.56 Å². The summed E-state index contributed by atoms with van der Waals surface area (Å²) < 4.78 is 11.7. The zero-order chi connectivity index (χ0) is 18.7. The molecule has 1 spiro atoms. The summed E-state index contributed by atoms with van der Waals surface area (Å²) in [5, 5.41) is 22.7. The van der Waals surface area contributed by atoms with Crippen LogP contribution in [0.15, 0.2) is 24.3 Å². The quantitative estimate of drug-likeness (QED) is 0.644. The summed E-state index contributed by atoms with van der Waals surface area (Å²) in [6, 6.07) is 11.6. The van der Waals surface area contributed by atoms with Crippen LogP contribution in [0.1, 0.15) is 25.3 Å². The third-order valence-electron chi connectivity index (χ3n) is 5.45. The molecule has 4 N–H and O–H groups in total. The number of ether oxygens (including phenoxy) is 2. The number of carbonyl (C=O) groups excluding carboxylic acids is 1. The second-order valence-corrected chi connectivity index (χ2v) is 6.97. The van der Waals surface area contributed by atoms with E-state index in [-0.39, 0.29) is 17.8 Å². The molecular formula is C18H18N5O3+. The van der Waals surface area contributed by atoms with Crippen LogP contribution in [0, 0.1) is 33.5 Å². The van der Waals surface area contributed by atoms with Gasteiger partial charge in [-0.15, -0.1) is 0 Å². The van der Waals surface area contributed by atoms with Gasteiger partial charge in [-0.3, -0.25) is 10.5 Å². The van der Waals surface area contributed by atoms with Gasteiger partial charge in [0.1, 0.15) is 0 Å². The topological polar surface area (TPSA) is 135 Å². The van der Waals surface area contributed by atoms with E-state index in [1.54, 1.807) is 24.3 Å². The van der Waals surface area contributed by atoms with E-state index in [4.69, 9.17) is 15.2 Å². The first-order chi connectivity index (χ1) is 12.4. The SMILES string of the molecule is CC(=O)Nc1ccc([C@H]2[C@@]3(C#N)[C@]4([NH+]=C(N)[C@@]23C#N)OC[C@H](C)O4)cc1. The summed E-state index contributed by atoms with van der Waals surface area (Å²) in [6.45, 7) is 3.57.